The van der Waals surface area contributed by atoms with E-state index in [0.717, 1.165) is 12.8 Å². The molecular weight excluding hydrogens is 272 g/mol. The molecule has 2 heteroatoms. The SMILES string of the molecule is CC1(C)CC2=C3COCC3=C(c3ccccc3)C[C@@]2(C)C1=O. The first-order chi connectivity index (χ1) is 10.4. The fourth-order valence-electron chi connectivity index (χ4n) is 4.57. The predicted octanol–water partition coefficient (Wildman–Crippen LogP) is 4.18. The van der Waals surface area contributed by atoms with E-state index in [-0.39, 0.29) is 10.8 Å². The van der Waals surface area contributed by atoms with Gasteiger partial charge < -0.3 is 4.74 Å². The van der Waals surface area contributed by atoms with Crippen molar-refractivity contribution in [3.8, 4) is 0 Å². The molecule has 0 bridgehead atoms. The van der Waals surface area contributed by atoms with Crippen molar-refractivity contribution >= 4 is 11.4 Å². The van der Waals surface area contributed by atoms with Crippen LogP contribution in [-0.2, 0) is 9.53 Å². The monoisotopic (exact) mass is 294 g/mol. The van der Waals surface area contributed by atoms with Crippen LogP contribution < -0.4 is 0 Å². The molecular formula is C20H22O2. The topological polar surface area (TPSA) is 26.3 Å². The van der Waals surface area contributed by atoms with E-state index in [1.807, 2.05) is 6.07 Å². The number of Topliss-reactive ketones (excluding diaryl/α,β-unsaturated/α-hetero) is 1. The molecule has 0 amide bonds. The first-order valence-corrected chi connectivity index (χ1v) is 8.06. The summed E-state index contributed by atoms with van der Waals surface area (Å²) in [7, 11) is 0. The number of carbonyl (C=O) groups is 1. The molecule has 2 nitrogen and oxygen atoms in total. The van der Waals surface area contributed by atoms with Crippen molar-refractivity contribution in [2.75, 3.05) is 13.2 Å². The van der Waals surface area contributed by atoms with Crippen LogP contribution in [-0.4, -0.2) is 19.0 Å². The third-order valence-corrected chi connectivity index (χ3v) is 5.64. The summed E-state index contributed by atoms with van der Waals surface area (Å²) in [6.07, 6.45) is 1.70. The van der Waals surface area contributed by atoms with E-state index in [9.17, 15) is 4.79 Å². The number of ether oxygens (including phenoxy) is 1. The molecule has 1 atom stereocenters. The highest BCUT2D eigenvalue weighted by Crippen LogP contribution is 2.59. The highest BCUT2D eigenvalue weighted by Gasteiger charge is 2.55. The quantitative estimate of drug-likeness (QED) is 0.777. The second kappa shape index (κ2) is 4.42. The van der Waals surface area contributed by atoms with E-state index in [0.29, 0.717) is 19.0 Å². The van der Waals surface area contributed by atoms with Gasteiger partial charge >= 0.3 is 0 Å². The van der Waals surface area contributed by atoms with Crippen LogP contribution >= 0.6 is 0 Å². The Bertz CT molecular complexity index is 721. The summed E-state index contributed by atoms with van der Waals surface area (Å²) in [4.78, 5) is 13.1. The van der Waals surface area contributed by atoms with Gasteiger partial charge in [-0.25, -0.2) is 0 Å². The zero-order valence-electron chi connectivity index (χ0n) is 13.5. The molecule has 114 valence electrons. The van der Waals surface area contributed by atoms with Crippen molar-refractivity contribution < 1.29 is 9.53 Å². The number of benzene rings is 1. The predicted molar refractivity (Wildman–Crippen MR) is 87.3 cm³/mol. The Balaban J connectivity index is 1.92. The van der Waals surface area contributed by atoms with Crippen LogP contribution in [0.15, 0.2) is 47.1 Å². The Kier molecular flexibility index (Phi) is 2.80. The summed E-state index contributed by atoms with van der Waals surface area (Å²) in [6.45, 7) is 7.67. The normalized spacial score (nSPS) is 29.9. The molecule has 0 N–H and O–H groups in total. The van der Waals surface area contributed by atoms with Gasteiger partial charge in [0.25, 0.3) is 0 Å². The van der Waals surface area contributed by atoms with Gasteiger partial charge in [0.15, 0.2) is 0 Å². The Morgan fingerprint density at radius 3 is 2.32 bits per heavy atom. The molecule has 3 aliphatic rings. The van der Waals surface area contributed by atoms with Crippen LogP contribution in [0.2, 0.25) is 0 Å². The summed E-state index contributed by atoms with van der Waals surface area (Å²) >= 11 is 0. The van der Waals surface area contributed by atoms with E-state index in [2.05, 4.69) is 45.0 Å². The third kappa shape index (κ3) is 1.73. The summed E-state index contributed by atoms with van der Waals surface area (Å²) in [5.74, 6) is 0.391. The lowest BCUT2D eigenvalue weighted by Gasteiger charge is -2.33. The number of fused-ring (bicyclic) bond motifs is 2. The molecule has 1 saturated heterocycles. The average Bonchev–Trinajstić information content (AvgIpc) is 3.05. The van der Waals surface area contributed by atoms with Crippen molar-refractivity contribution in [2.24, 2.45) is 10.8 Å². The fourth-order valence-corrected chi connectivity index (χ4v) is 4.57. The van der Waals surface area contributed by atoms with E-state index in [4.69, 9.17) is 4.74 Å². The van der Waals surface area contributed by atoms with Gasteiger partial charge in [0.1, 0.15) is 5.78 Å². The molecule has 2 aliphatic carbocycles. The van der Waals surface area contributed by atoms with Crippen molar-refractivity contribution in [1.29, 1.82) is 0 Å². The number of hydrogen-bond acceptors (Lipinski definition) is 2. The second-order valence-electron chi connectivity index (χ2n) is 7.67. The van der Waals surface area contributed by atoms with Gasteiger partial charge in [-0.05, 0) is 47.6 Å². The Hall–Kier alpha value is -1.67. The van der Waals surface area contributed by atoms with Gasteiger partial charge in [0.05, 0.1) is 18.6 Å². The molecule has 0 spiro atoms. The summed E-state index contributed by atoms with van der Waals surface area (Å²) in [5, 5.41) is 0. The molecule has 0 aromatic heterocycles. The number of rotatable bonds is 1. The maximum Gasteiger partial charge on any atom is 0.149 e. The van der Waals surface area contributed by atoms with E-state index >= 15 is 0 Å². The molecule has 1 saturated carbocycles. The first-order valence-electron chi connectivity index (χ1n) is 8.06. The Morgan fingerprint density at radius 2 is 1.59 bits per heavy atom. The lowest BCUT2D eigenvalue weighted by Crippen LogP contribution is -2.32. The summed E-state index contributed by atoms with van der Waals surface area (Å²) in [5.41, 5.74) is 5.94. The Labute approximate surface area is 131 Å². The molecule has 2 fully saturated rings. The molecule has 1 aliphatic heterocycles. The van der Waals surface area contributed by atoms with Gasteiger partial charge in [-0.3, -0.25) is 4.79 Å². The average molecular weight is 294 g/mol. The number of ketones is 1. The van der Waals surface area contributed by atoms with Gasteiger partial charge in [-0.15, -0.1) is 0 Å². The minimum absolute atomic E-state index is 0.253. The van der Waals surface area contributed by atoms with E-state index < -0.39 is 0 Å². The minimum Gasteiger partial charge on any atom is -0.372 e. The standard InChI is InChI=1S/C20H22O2/c1-19(2)10-17-16-12-22-11-15(16)14(9-20(17,3)18(19)21)13-7-5-4-6-8-13/h4-8H,9-12H2,1-3H3/t20-/m1/s1. The van der Waals surface area contributed by atoms with Crippen molar-refractivity contribution in [2.45, 2.75) is 33.6 Å². The number of hydrogen-bond donors (Lipinski definition) is 0. The number of allylic oxidation sites excluding steroid dienone is 2. The lowest BCUT2D eigenvalue weighted by atomic mass is 9.68. The zero-order valence-corrected chi connectivity index (χ0v) is 13.5. The van der Waals surface area contributed by atoms with E-state index in [1.54, 1.807) is 0 Å². The smallest absolute Gasteiger partial charge is 0.149 e. The van der Waals surface area contributed by atoms with Crippen molar-refractivity contribution in [1.82, 2.24) is 0 Å². The summed E-state index contributed by atoms with van der Waals surface area (Å²) < 4.78 is 5.77. The van der Waals surface area contributed by atoms with Crippen LogP contribution in [0.1, 0.15) is 39.2 Å². The van der Waals surface area contributed by atoms with Crippen LogP contribution in [0.3, 0.4) is 0 Å². The molecule has 0 radical (unpaired) electrons. The molecule has 22 heavy (non-hydrogen) atoms. The lowest BCUT2D eigenvalue weighted by molar-refractivity contribution is -0.130. The maximum atomic E-state index is 13.1. The molecule has 1 aromatic carbocycles. The van der Waals surface area contributed by atoms with Gasteiger partial charge in [0, 0.05) is 5.41 Å². The molecule has 0 unspecified atom stereocenters. The van der Waals surface area contributed by atoms with Crippen LogP contribution in [0.4, 0.5) is 0 Å². The van der Waals surface area contributed by atoms with Crippen LogP contribution in [0, 0.1) is 10.8 Å². The highest BCUT2D eigenvalue weighted by molar-refractivity contribution is 5.99. The first kappa shape index (κ1) is 14.0. The highest BCUT2D eigenvalue weighted by atomic mass is 16.5. The zero-order chi connectivity index (χ0) is 15.5. The van der Waals surface area contributed by atoms with E-state index in [1.165, 1.54) is 27.9 Å². The minimum atomic E-state index is -0.346. The van der Waals surface area contributed by atoms with Gasteiger partial charge in [-0.2, -0.15) is 0 Å². The molecule has 1 heterocycles. The van der Waals surface area contributed by atoms with Crippen LogP contribution in [0.5, 0.6) is 0 Å². The molecule has 1 aromatic rings. The summed E-state index contributed by atoms with van der Waals surface area (Å²) in [6, 6.07) is 10.5. The maximum absolute atomic E-state index is 13.1. The Morgan fingerprint density at radius 1 is 0.909 bits per heavy atom. The van der Waals surface area contributed by atoms with Gasteiger partial charge in [-0.1, -0.05) is 44.2 Å². The van der Waals surface area contributed by atoms with Gasteiger partial charge in [0.2, 0.25) is 0 Å². The van der Waals surface area contributed by atoms with Crippen molar-refractivity contribution in [3.05, 3.63) is 52.6 Å². The van der Waals surface area contributed by atoms with Crippen LogP contribution in [0.25, 0.3) is 5.57 Å². The fraction of sp³-hybridized carbons (Fsp3) is 0.450. The largest absolute Gasteiger partial charge is 0.372 e. The van der Waals surface area contributed by atoms with Crippen molar-refractivity contribution in [3.63, 3.8) is 0 Å². The third-order valence-electron chi connectivity index (χ3n) is 5.64. The number of carbonyl (C=O) groups excluding carboxylic acids is 1. The molecule has 4 rings (SSSR count). The second-order valence-corrected chi connectivity index (χ2v) is 7.67.